The van der Waals surface area contributed by atoms with Crippen molar-refractivity contribution in [1.29, 1.82) is 0 Å². The third kappa shape index (κ3) is 4.57. The van der Waals surface area contributed by atoms with Crippen LogP contribution in [0.5, 0.6) is 23.0 Å². The molecule has 1 aliphatic heterocycles. The highest BCUT2D eigenvalue weighted by molar-refractivity contribution is 6.01. The van der Waals surface area contributed by atoms with Gasteiger partial charge in [0.15, 0.2) is 28.8 Å². The van der Waals surface area contributed by atoms with Crippen LogP contribution in [0.4, 0.5) is 11.4 Å². The van der Waals surface area contributed by atoms with Crippen molar-refractivity contribution >= 4 is 17.2 Å². The summed E-state index contributed by atoms with van der Waals surface area (Å²) in [4.78, 5) is 13.9. The first-order valence-electron chi connectivity index (χ1n) is 12.5. The van der Waals surface area contributed by atoms with E-state index in [2.05, 4.69) is 10.6 Å². The van der Waals surface area contributed by atoms with Crippen LogP contribution in [0.3, 0.4) is 0 Å². The number of methoxy groups -OCH3 is 3. The molecule has 0 spiro atoms. The summed E-state index contributed by atoms with van der Waals surface area (Å²) in [6.07, 6.45) is 1.06. The number of rotatable bonds is 7. The summed E-state index contributed by atoms with van der Waals surface area (Å²) in [7, 11) is 4.87. The van der Waals surface area contributed by atoms with Gasteiger partial charge in [-0.2, -0.15) is 0 Å². The van der Waals surface area contributed by atoms with Crippen LogP contribution >= 0.6 is 0 Å². The molecule has 0 aromatic heterocycles. The van der Waals surface area contributed by atoms with E-state index in [0.717, 1.165) is 33.8 Å². The molecule has 2 aliphatic rings. The summed E-state index contributed by atoms with van der Waals surface area (Å²) in [6, 6.07) is 19.3. The third-order valence-corrected chi connectivity index (χ3v) is 7.01. The van der Waals surface area contributed by atoms with Crippen molar-refractivity contribution in [2.75, 3.05) is 38.6 Å². The normalized spacial score (nSPS) is 18.5. The second-order valence-electron chi connectivity index (χ2n) is 9.09. The van der Waals surface area contributed by atoms with Gasteiger partial charge < -0.3 is 29.6 Å². The molecule has 37 heavy (non-hydrogen) atoms. The van der Waals surface area contributed by atoms with Gasteiger partial charge in [0, 0.05) is 23.3 Å². The molecule has 0 fully saturated rings. The molecular weight excluding hydrogens is 468 g/mol. The maximum atomic E-state index is 13.9. The molecule has 7 heteroatoms. The summed E-state index contributed by atoms with van der Waals surface area (Å²) in [5, 5.41) is 7.20. The number of para-hydroxylation sites is 3. The lowest BCUT2D eigenvalue weighted by Gasteiger charge is -2.31. The number of hydrogen-bond donors (Lipinski definition) is 2. The molecule has 7 nitrogen and oxygen atoms in total. The van der Waals surface area contributed by atoms with E-state index in [4.69, 9.17) is 18.9 Å². The highest BCUT2D eigenvalue weighted by Gasteiger charge is 2.37. The number of ether oxygens (including phenoxy) is 4. The second-order valence-corrected chi connectivity index (χ2v) is 9.09. The lowest BCUT2D eigenvalue weighted by Crippen LogP contribution is -2.27. The number of Topliss-reactive ketones (excluding diaryl/α,β-unsaturated/α-hetero) is 1. The maximum Gasteiger partial charge on any atom is 0.166 e. The monoisotopic (exact) mass is 500 g/mol. The number of fused-ring (bicyclic) bond motifs is 1. The van der Waals surface area contributed by atoms with Gasteiger partial charge in [0.05, 0.1) is 45.4 Å². The summed E-state index contributed by atoms with van der Waals surface area (Å²) in [5.41, 5.74) is 5.36. The standard InChI is InChI=1S/C30H32N2O5/c1-5-37-25-14-13-18(17-27(25)35-3)19-15-23-28(24(33)16-19)29(32-22-11-7-6-10-21(22)31-23)20-9-8-12-26(34-2)30(20)36-4/h6-14,17,19,29,31-32H,5,15-16H2,1-4H3/t19-,29+/m1/s1. The van der Waals surface area contributed by atoms with Gasteiger partial charge in [-0.05, 0) is 55.2 Å². The maximum absolute atomic E-state index is 13.9. The SMILES string of the molecule is CCOc1ccc([C@H]2CC(=O)C3=C(C2)Nc2ccccc2N[C@H]3c2cccc(OC)c2OC)cc1OC. The van der Waals surface area contributed by atoms with Crippen LogP contribution in [-0.2, 0) is 4.79 Å². The van der Waals surface area contributed by atoms with Crippen LogP contribution in [0.2, 0.25) is 0 Å². The van der Waals surface area contributed by atoms with Crippen molar-refractivity contribution in [2.45, 2.75) is 31.7 Å². The van der Waals surface area contributed by atoms with E-state index in [1.165, 1.54) is 0 Å². The van der Waals surface area contributed by atoms with Gasteiger partial charge in [-0.3, -0.25) is 4.79 Å². The molecule has 192 valence electrons. The highest BCUT2D eigenvalue weighted by atomic mass is 16.5. The van der Waals surface area contributed by atoms with Gasteiger partial charge in [0.2, 0.25) is 0 Å². The Bertz CT molecular complexity index is 1350. The third-order valence-electron chi connectivity index (χ3n) is 7.01. The van der Waals surface area contributed by atoms with E-state index in [1.807, 2.05) is 67.6 Å². The van der Waals surface area contributed by atoms with E-state index in [9.17, 15) is 4.79 Å². The van der Waals surface area contributed by atoms with E-state index >= 15 is 0 Å². The number of benzene rings is 3. The Hall–Kier alpha value is -4.13. The summed E-state index contributed by atoms with van der Waals surface area (Å²) >= 11 is 0. The Morgan fingerprint density at radius 3 is 2.35 bits per heavy atom. The van der Waals surface area contributed by atoms with Crippen LogP contribution in [0.25, 0.3) is 0 Å². The summed E-state index contributed by atoms with van der Waals surface area (Å²) < 4.78 is 22.6. The van der Waals surface area contributed by atoms with Crippen LogP contribution < -0.4 is 29.6 Å². The average Bonchev–Trinajstić information content (AvgIpc) is 3.09. The van der Waals surface area contributed by atoms with Gasteiger partial charge in [-0.25, -0.2) is 0 Å². The van der Waals surface area contributed by atoms with Crippen molar-refractivity contribution < 1.29 is 23.7 Å². The minimum Gasteiger partial charge on any atom is -0.493 e. The molecule has 0 saturated carbocycles. The molecule has 1 aliphatic carbocycles. The zero-order valence-electron chi connectivity index (χ0n) is 21.6. The molecular formula is C30H32N2O5. The van der Waals surface area contributed by atoms with E-state index in [-0.39, 0.29) is 11.7 Å². The fraction of sp³-hybridized carbons (Fsp3) is 0.300. The molecule has 0 radical (unpaired) electrons. The van der Waals surface area contributed by atoms with Crippen molar-refractivity contribution in [2.24, 2.45) is 0 Å². The van der Waals surface area contributed by atoms with Crippen LogP contribution in [0.15, 0.2) is 71.9 Å². The van der Waals surface area contributed by atoms with Gasteiger partial charge in [-0.1, -0.05) is 30.3 Å². The van der Waals surface area contributed by atoms with Crippen molar-refractivity contribution in [3.8, 4) is 23.0 Å². The Morgan fingerprint density at radius 2 is 1.62 bits per heavy atom. The van der Waals surface area contributed by atoms with Crippen molar-refractivity contribution in [1.82, 2.24) is 0 Å². The Kier molecular flexibility index (Phi) is 6.95. The topological polar surface area (TPSA) is 78.1 Å². The quantitative estimate of drug-likeness (QED) is 0.406. The molecule has 0 bridgehead atoms. The molecule has 0 amide bonds. The average molecular weight is 501 g/mol. The van der Waals surface area contributed by atoms with Gasteiger partial charge in [0.25, 0.3) is 0 Å². The molecule has 3 aromatic rings. The van der Waals surface area contributed by atoms with Crippen LogP contribution in [0, 0.1) is 0 Å². The predicted octanol–water partition coefficient (Wildman–Crippen LogP) is 6.09. The molecule has 2 atom stereocenters. The second kappa shape index (κ2) is 10.5. The lowest BCUT2D eigenvalue weighted by molar-refractivity contribution is -0.116. The Balaban J connectivity index is 1.60. The number of hydrogen-bond acceptors (Lipinski definition) is 7. The van der Waals surface area contributed by atoms with Crippen LogP contribution in [-0.4, -0.2) is 33.7 Å². The number of ketones is 1. The summed E-state index contributed by atoms with van der Waals surface area (Å²) in [5.74, 6) is 2.69. The first kappa shape index (κ1) is 24.6. The fourth-order valence-corrected chi connectivity index (χ4v) is 5.31. The predicted molar refractivity (Wildman–Crippen MR) is 144 cm³/mol. The minimum absolute atomic E-state index is 0.00134. The number of nitrogens with one attached hydrogen (secondary N) is 2. The molecule has 2 N–H and O–H groups in total. The smallest absolute Gasteiger partial charge is 0.166 e. The van der Waals surface area contributed by atoms with E-state index in [0.29, 0.717) is 42.4 Å². The van der Waals surface area contributed by atoms with Crippen molar-refractivity contribution in [3.63, 3.8) is 0 Å². The number of allylic oxidation sites excluding steroid dienone is 1. The van der Waals surface area contributed by atoms with E-state index in [1.54, 1.807) is 21.3 Å². The summed E-state index contributed by atoms with van der Waals surface area (Å²) in [6.45, 7) is 2.50. The first-order chi connectivity index (χ1) is 18.1. The Labute approximate surface area is 217 Å². The van der Waals surface area contributed by atoms with Gasteiger partial charge in [-0.15, -0.1) is 0 Å². The lowest BCUT2D eigenvalue weighted by atomic mass is 9.78. The largest absolute Gasteiger partial charge is 0.493 e. The molecule has 0 unspecified atom stereocenters. The molecule has 3 aromatic carbocycles. The van der Waals surface area contributed by atoms with E-state index < -0.39 is 6.04 Å². The Morgan fingerprint density at radius 1 is 0.838 bits per heavy atom. The number of anilines is 2. The van der Waals surface area contributed by atoms with Crippen LogP contribution in [0.1, 0.15) is 42.9 Å². The first-order valence-corrected chi connectivity index (χ1v) is 12.5. The van der Waals surface area contributed by atoms with Gasteiger partial charge in [0.1, 0.15) is 0 Å². The number of carbonyl (C=O) groups excluding carboxylic acids is 1. The molecule has 5 rings (SSSR count). The minimum atomic E-state index is -0.403. The fourth-order valence-electron chi connectivity index (χ4n) is 5.31. The number of carbonyl (C=O) groups is 1. The zero-order chi connectivity index (χ0) is 25.9. The van der Waals surface area contributed by atoms with Crippen molar-refractivity contribution in [3.05, 3.63) is 83.1 Å². The highest BCUT2D eigenvalue weighted by Crippen LogP contribution is 2.47. The zero-order valence-corrected chi connectivity index (χ0v) is 21.6. The molecule has 1 heterocycles. The molecule has 0 saturated heterocycles. The van der Waals surface area contributed by atoms with Gasteiger partial charge >= 0.3 is 0 Å².